The van der Waals surface area contributed by atoms with Gasteiger partial charge in [0.2, 0.25) is 11.8 Å². The number of allylic oxidation sites excluding steroid dienone is 1. The average Bonchev–Trinajstić information content (AvgIpc) is 3.31. The lowest BCUT2D eigenvalue weighted by molar-refractivity contribution is -0.141. The van der Waals surface area contributed by atoms with Crippen LogP contribution in [0.2, 0.25) is 0 Å². The third kappa shape index (κ3) is 7.43. The van der Waals surface area contributed by atoms with Crippen LogP contribution in [0.1, 0.15) is 76.8 Å². The first kappa shape index (κ1) is 32.8. The normalized spacial score (nSPS) is 28.6. The summed E-state index contributed by atoms with van der Waals surface area (Å²) in [6.07, 6.45) is 6.99. The third-order valence-corrected chi connectivity index (χ3v) is 8.87. The fourth-order valence-electron chi connectivity index (χ4n) is 6.46. The van der Waals surface area contributed by atoms with Crippen LogP contribution in [0.4, 0.5) is 9.59 Å². The predicted molar refractivity (Wildman–Crippen MR) is 164 cm³/mol. The van der Waals surface area contributed by atoms with Crippen molar-refractivity contribution in [1.82, 2.24) is 25.8 Å². The Kier molecular flexibility index (Phi) is 9.55. The Morgan fingerprint density at radius 2 is 1.80 bits per heavy atom. The Labute approximate surface area is 268 Å². The van der Waals surface area contributed by atoms with Gasteiger partial charge in [0.25, 0.3) is 5.91 Å². The van der Waals surface area contributed by atoms with Gasteiger partial charge in [-0.05, 0) is 57.6 Å². The molecule has 13 heteroatoms. The highest BCUT2D eigenvalue weighted by molar-refractivity contribution is 5.99. The second-order valence-corrected chi connectivity index (χ2v) is 13.5. The van der Waals surface area contributed by atoms with Gasteiger partial charge in [0, 0.05) is 25.4 Å². The van der Waals surface area contributed by atoms with Crippen LogP contribution in [0.5, 0.6) is 0 Å². The molecule has 3 N–H and O–H groups in total. The van der Waals surface area contributed by atoms with E-state index in [2.05, 4.69) is 16.0 Å². The zero-order valence-corrected chi connectivity index (χ0v) is 26.5. The van der Waals surface area contributed by atoms with Crippen molar-refractivity contribution in [3.05, 3.63) is 47.5 Å². The maximum atomic E-state index is 14.1. The monoisotopic (exact) mass is 634 g/mol. The van der Waals surface area contributed by atoms with E-state index in [1.165, 1.54) is 4.90 Å². The number of amides is 5. The second-order valence-electron chi connectivity index (χ2n) is 13.5. The largest absolute Gasteiger partial charge is 0.444 e. The molecule has 3 heterocycles. The molecular weight excluding hydrogens is 592 g/mol. The highest BCUT2D eigenvalue weighted by Gasteiger charge is 2.61. The summed E-state index contributed by atoms with van der Waals surface area (Å²) in [5.41, 5.74) is -0.0675. The molecule has 1 saturated heterocycles. The number of carbonyl (C=O) groups is 5. The van der Waals surface area contributed by atoms with Crippen LogP contribution >= 0.6 is 0 Å². The quantitative estimate of drug-likeness (QED) is 0.259. The standard InChI is InChI=1S/C33H42N6O7/c1-32(2,3)46-30(43)36-25-14-8-6-4-5-7-13-23-16-33(23,29(42)35-20-34)37-27(40)26-15-24(19-39(26)28(25)41)45-31(44)38-17-21-11-9-10-12-22(21)18-38/h7,9-13,23-26H,4-6,8,14-19H2,1-3H3,(H,35,42)(H,36,43)(H,37,40)/b13-7+/t23?,24-,25-,26+,33-/m1/s1. The summed E-state index contributed by atoms with van der Waals surface area (Å²) in [6, 6.07) is 5.64. The van der Waals surface area contributed by atoms with E-state index in [0.717, 1.165) is 30.4 Å². The third-order valence-electron chi connectivity index (χ3n) is 8.87. The molecule has 0 spiro atoms. The summed E-state index contributed by atoms with van der Waals surface area (Å²) in [5, 5.41) is 16.8. The fraction of sp³-hybridized carbons (Fsp3) is 0.576. The number of rotatable bonds is 3. The number of alkyl carbamates (subject to hydrolysis) is 1. The Bertz CT molecular complexity index is 1420. The molecule has 1 aromatic carbocycles. The minimum absolute atomic E-state index is 0.000283. The van der Waals surface area contributed by atoms with Crippen molar-refractivity contribution in [2.75, 3.05) is 6.54 Å². The molecule has 0 bridgehead atoms. The van der Waals surface area contributed by atoms with Crippen LogP contribution in [0.15, 0.2) is 36.4 Å². The molecule has 5 amide bonds. The molecule has 46 heavy (non-hydrogen) atoms. The van der Waals surface area contributed by atoms with Gasteiger partial charge >= 0.3 is 12.2 Å². The average molecular weight is 635 g/mol. The number of benzene rings is 1. The summed E-state index contributed by atoms with van der Waals surface area (Å²) in [4.78, 5) is 70.0. The van der Waals surface area contributed by atoms with Crippen molar-refractivity contribution in [3.8, 4) is 6.19 Å². The summed E-state index contributed by atoms with van der Waals surface area (Å²) in [5.74, 6) is -2.05. The Morgan fingerprint density at radius 3 is 2.48 bits per heavy atom. The second kappa shape index (κ2) is 13.4. The molecule has 1 unspecified atom stereocenters. The van der Waals surface area contributed by atoms with Crippen molar-refractivity contribution in [1.29, 1.82) is 5.26 Å². The topological polar surface area (TPSA) is 170 Å². The van der Waals surface area contributed by atoms with Gasteiger partial charge in [-0.15, -0.1) is 0 Å². The number of carbonyl (C=O) groups excluding carboxylic acids is 5. The molecule has 1 aliphatic carbocycles. The number of fused-ring (bicyclic) bond motifs is 3. The first-order valence-corrected chi connectivity index (χ1v) is 15.9. The molecule has 246 valence electrons. The van der Waals surface area contributed by atoms with Crippen molar-refractivity contribution in [3.63, 3.8) is 0 Å². The lowest BCUT2D eigenvalue weighted by Crippen LogP contribution is -2.57. The van der Waals surface area contributed by atoms with Crippen LogP contribution in [0.25, 0.3) is 0 Å². The van der Waals surface area contributed by atoms with Gasteiger partial charge in [-0.3, -0.25) is 24.6 Å². The highest BCUT2D eigenvalue weighted by atomic mass is 16.6. The van der Waals surface area contributed by atoms with Crippen LogP contribution in [-0.4, -0.2) is 75.6 Å². The van der Waals surface area contributed by atoms with E-state index in [0.29, 0.717) is 32.4 Å². The number of nitriles is 1. The molecule has 5 rings (SSSR count). The predicted octanol–water partition coefficient (Wildman–Crippen LogP) is 2.99. The molecule has 2 fully saturated rings. The van der Waals surface area contributed by atoms with Gasteiger partial charge in [-0.2, -0.15) is 5.26 Å². The van der Waals surface area contributed by atoms with E-state index in [-0.39, 0.29) is 18.9 Å². The molecule has 13 nitrogen and oxygen atoms in total. The van der Waals surface area contributed by atoms with Gasteiger partial charge in [-0.1, -0.05) is 49.3 Å². The Balaban J connectivity index is 1.38. The first-order valence-electron chi connectivity index (χ1n) is 15.9. The van der Waals surface area contributed by atoms with Gasteiger partial charge < -0.3 is 25.0 Å². The number of ether oxygens (including phenoxy) is 2. The van der Waals surface area contributed by atoms with Crippen LogP contribution in [0.3, 0.4) is 0 Å². The van der Waals surface area contributed by atoms with Gasteiger partial charge in [0.15, 0.2) is 6.19 Å². The maximum absolute atomic E-state index is 14.1. The van der Waals surface area contributed by atoms with Crippen LogP contribution < -0.4 is 16.0 Å². The molecular formula is C33H42N6O7. The minimum Gasteiger partial charge on any atom is -0.444 e. The number of nitrogens with one attached hydrogen (secondary N) is 3. The van der Waals surface area contributed by atoms with Gasteiger partial charge in [0.05, 0.1) is 6.54 Å². The van der Waals surface area contributed by atoms with E-state index < -0.39 is 59.2 Å². The van der Waals surface area contributed by atoms with E-state index in [4.69, 9.17) is 14.7 Å². The van der Waals surface area contributed by atoms with E-state index >= 15 is 0 Å². The van der Waals surface area contributed by atoms with Crippen molar-refractivity contribution in [2.45, 2.75) is 108 Å². The molecule has 0 radical (unpaired) electrons. The number of nitrogens with zero attached hydrogens (tertiary/aromatic N) is 3. The lowest BCUT2D eigenvalue weighted by Gasteiger charge is -2.30. The van der Waals surface area contributed by atoms with Crippen molar-refractivity contribution >= 4 is 29.9 Å². The molecule has 5 atom stereocenters. The van der Waals surface area contributed by atoms with Gasteiger partial charge in [0.1, 0.15) is 29.3 Å². The first-order chi connectivity index (χ1) is 21.9. The highest BCUT2D eigenvalue weighted by Crippen LogP contribution is 2.45. The zero-order valence-electron chi connectivity index (χ0n) is 26.5. The smallest absolute Gasteiger partial charge is 0.410 e. The molecule has 4 aliphatic rings. The number of hydrogen-bond donors (Lipinski definition) is 3. The summed E-state index contributed by atoms with van der Waals surface area (Å²) >= 11 is 0. The molecule has 3 aliphatic heterocycles. The van der Waals surface area contributed by atoms with Crippen molar-refractivity contribution < 1.29 is 33.4 Å². The molecule has 0 aromatic heterocycles. The SMILES string of the molecule is CC(C)(C)OC(=O)N[C@@H]1CCCCC/C=C/C2C[C@@]2(C(=O)NC#N)NC(=O)[C@@H]2C[C@@H](OC(=O)N3Cc4ccccc4C3)CN2C1=O. The summed E-state index contributed by atoms with van der Waals surface area (Å²) in [7, 11) is 0. The fourth-order valence-corrected chi connectivity index (χ4v) is 6.46. The summed E-state index contributed by atoms with van der Waals surface area (Å²) < 4.78 is 11.3. The number of hydrogen-bond acceptors (Lipinski definition) is 8. The van der Waals surface area contributed by atoms with E-state index in [1.54, 1.807) is 31.9 Å². The minimum atomic E-state index is -1.33. The van der Waals surface area contributed by atoms with E-state index in [9.17, 15) is 24.0 Å². The van der Waals surface area contributed by atoms with E-state index in [1.807, 2.05) is 36.4 Å². The summed E-state index contributed by atoms with van der Waals surface area (Å²) in [6.45, 7) is 5.88. The Morgan fingerprint density at radius 1 is 1.09 bits per heavy atom. The van der Waals surface area contributed by atoms with Crippen LogP contribution in [-0.2, 0) is 36.9 Å². The van der Waals surface area contributed by atoms with Crippen LogP contribution in [0, 0.1) is 17.4 Å². The molecule has 1 saturated carbocycles. The Hall–Kier alpha value is -4.60. The lowest BCUT2D eigenvalue weighted by atomic mass is 10.0. The zero-order chi connectivity index (χ0) is 33.1. The van der Waals surface area contributed by atoms with Crippen molar-refractivity contribution in [2.24, 2.45) is 5.92 Å². The van der Waals surface area contributed by atoms with Gasteiger partial charge in [-0.25, -0.2) is 9.59 Å². The molecule has 1 aromatic rings. The maximum Gasteiger partial charge on any atom is 0.410 e.